The summed E-state index contributed by atoms with van der Waals surface area (Å²) >= 11 is 0. The Hall–Kier alpha value is -4.50. The number of carbonyl (C=O) groups excluding carboxylic acids is 3. The lowest BCUT2D eigenvalue weighted by atomic mass is 9.93. The molecule has 0 fully saturated rings. The van der Waals surface area contributed by atoms with Crippen molar-refractivity contribution in [2.24, 2.45) is 21.1 Å². The van der Waals surface area contributed by atoms with Gasteiger partial charge in [0.15, 0.2) is 0 Å². The minimum atomic E-state index is -1.11. The molecule has 45 heavy (non-hydrogen) atoms. The Bertz CT molecular complexity index is 818. The standard InChI is InChI=1S/C8H12N2O2.C5H12O4.3C4H6O2.C3H7NO2/c11-7-9-5-3-1-2-4-6-10-8-12;6-1-5(2-7,3-8)4-9;3*1-3(2)4(5)6;1-2-6-3(4)5/h1-6H2;6-9H,1-4H2;3*1H2,2H3,(H,5,6);2H2,1H3,(H2,4,5). The number of ether oxygens (including phenoxy) is 1. The molecular formula is C28H49N3O14. The first kappa shape index (κ1) is 53.1. The van der Waals surface area contributed by atoms with E-state index in [1.165, 1.54) is 32.9 Å². The average Bonchev–Trinajstić information content (AvgIpc) is 2.97. The number of aliphatic imine (C=N–C) groups is 2. The summed E-state index contributed by atoms with van der Waals surface area (Å²) in [6, 6.07) is 0. The van der Waals surface area contributed by atoms with Crippen molar-refractivity contribution in [3.63, 3.8) is 0 Å². The van der Waals surface area contributed by atoms with E-state index in [0.29, 0.717) is 19.7 Å². The number of nitrogens with two attached hydrogens (primary N) is 1. The molecule has 0 aromatic rings. The fourth-order valence-electron chi connectivity index (χ4n) is 1.27. The molecule has 0 heterocycles. The molecule has 260 valence electrons. The van der Waals surface area contributed by atoms with Crippen LogP contribution >= 0.6 is 0 Å². The van der Waals surface area contributed by atoms with Crippen molar-refractivity contribution in [2.45, 2.75) is 53.4 Å². The van der Waals surface area contributed by atoms with Gasteiger partial charge in [-0.1, -0.05) is 32.6 Å². The van der Waals surface area contributed by atoms with Crippen molar-refractivity contribution in [3.05, 3.63) is 36.5 Å². The Labute approximate surface area is 262 Å². The number of unbranched alkanes of at least 4 members (excludes halogenated alkanes) is 3. The first-order chi connectivity index (χ1) is 20.9. The molecule has 0 bridgehead atoms. The maximum Gasteiger partial charge on any atom is 0.404 e. The Kier molecular flexibility index (Phi) is 46.6. The lowest BCUT2D eigenvalue weighted by Gasteiger charge is -2.23. The Morgan fingerprint density at radius 1 is 0.667 bits per heavy atom. The Balaban J connectivity index is -0.000000104. The summed E-state index contributed by atoms with van der Waals surface area (Å²) in [7, 11) is 0. The second-order valence-corrected chi connectivity index (χ2v) is 8.50. The number of carboxylic acids is 3. The predicted octanol–water partition coefficient (Wildman–Crippen LogP) is 1.20. The first-order valence-corrected chi connectivity index (χ1v) is 13.0. The number of carbonyl (C=O) groups is 4. The fraction of sp³-hybridized carbons (Fsp3) is 0.571. The van der Waals surface area contributed by atoms with Crippen molar-refractivity contribution in [1.82, 2.24) is 0 Å². The maximum absolute atomic E-state index is 9.63. The number of rotatable bonds is 15. The molecule has 17 nitrogen and oxygen atoms in total. The zero-order valence-corrected chi connectivity index (χ0v) is 26.4. The molecule has 0 rings (SSSR count). The maximum atomic E-state index is 9.63. The fourth-order valence-corrected chi connectivity index (χ4v) is 1.27. The third kappa shape index (κ3) is 56.0. The molecule has 9 N–H and O–H groups in total. The summed E-state index contributed by atoms with van der Waals surface area (Å²) in [4.78, 5) is 64.5. The van der Waals surface area contributed by atoms with Gasteiger partial charge in [0.25, 0.3) is 0 Å². The smallest absolute Gasteiger partial charge is 0.404 e. The highest BCUT2D eigenvalue weighted by Gasteiger charge is 2.26. The van der Waals surface area contributed by atoms with Gasteiger partial charge in [-0.15, -0.1) is 0 Å². The summed E-state index contributed by atoms with van der Waals surface area (Å²) in [5.74, 6) is -2.81. The Morgan fingerprint density at radius 3 is 1.00 bits per heavy atom. The van der Waals surface area contributed by atoms with Gasteiger partial charge in [-0.3, -0.25) is 0 Å². The monoisotopic (exact) mass is 651 g/mol. The van der Waals surface area contributed by atoms with Gasteiger partial charge < -0.3 is 46.2 Å². The number of hydrogen-bond donors (Lipinski definition) is 8. The van der Waals surface area contributed by atoms with Gasteiger partial charge in [-0.2, -0.15) is 0 Å². The van der Waals surface area contributed by atoms with Crippen molar-refractivity contribution in [2.75, 3.05) is 46.1 Å². The normalized spacial score (nSPS) is 8.62. The number of aliphatic hydroxyl groups is 4. The molecule has 0 saturated carbocycles. The quantitative estimate of drug-likeness (QED) is 0.0534. The third-order valence-corrected chi connectivity index (χ3v) is 4.14. The van der Waals surface area contributed by atoms with E-state index in [2.05, 4.69) is 40.2 Å². The molecule has 0 atom stereocenters. The van der Waals surface area contributed by atoms with Crippen LogP contribution in [0.5, 0.6) is 0 Å². The van der Waals surface area contributed by atoms with Crippen LogP contribution in [0.1, 0.15) is 53.4 Å². The summed E-state index contributed by atoms with van der Waals surface area (Å²) in [5, 5.41) is 57.7. The number of aliphatic hydroxyl groups excluding tert-OH is 4. The molecule has 0 unspecified atom stereocenters. The molecular weight excluding hydrogens is 602 g/mol. The van der Waals surface area contributed by atoms with Crippen molar-refractivity contribution >= 4 is 36.2 Å². The average molecular weight is 652 g/mol. The number of carboxylic acid groups (broad SMARTS) is 3. The van der Waals surface area contributed by atoms with E-state index in [4.69, 9.17) is 35.7 Å². The number of isocyanates is 2. The minimum absolute atomic E-state index is 0.176. The van der Waals surface area contributed by atoms with E-state index in [0.717, 1.165) is 25.7 Å². The summed E-state index contributed by atoms with van der Waals surface area (Å²) in [5.41, 5.74) is 3.96. The van der Waals surface area contributed by atoms with Crippen molar-refractivity contribution in [1.29, 1.82) is 0 Å². The highest BCUT2D eigenvalue weighted by molar-refractivity contribution is 5.85. The van der Waals surface area contributed by atoms with Crippen molar-refractivity contribution < 1.29 is 69.2 Å². The highest BCUT2D eigenvalue weighted by atomic mass is 16.5. The van der Waals surface area contributed by atoms with Crippen LogP contribution in [0.2, 0.25) is 0 Å². The number of nitrogens with zero attached hydrogens (tertiary/aromatic N) is 2. The van der Waals surface area contributed by atoms with Gasteiger partial charge in [0.2, 0.25) is 12.2 Å². The molecule has 0 aliphatic carbocycles. The molecule has 0 aliphatic rings. The van der Waals surface area contributed by atoms with Crippen LogP contribution in [0.25, 0.3) is 0 Å². The second-order valence-electron chi connectivity index (χ2n) is 8.50. The molecule has 1 amide bonds. The SMILES string of the molecule is C=C(C)C(=O)O.C=C(C)C(=O)O.C=C(C)C(=O)O.CCOC(N)=O.O=C=NCCCCCCN=C=O.OCC(CO)(CO)CO. The molecule has 0 radical (unpaired) electrons. The summed E-state index contributed by atoms with van der Waals surface area (Å²) < 4.78 is 4.18. The van der Waals surface area contributed by atoms with Crippen LogP contribution in [-0.2, 0) is 28.7 Å². The van der Waals surface area contributed by atoms with Gasteiger partial charge in [-0.05, 0) is 40.5 Å². The first-order valence-electron chi connectivity index (χ1n) is 13.0. The van der Waals surface area contributed by atoms with Gasteiger partial charge in [-0.25, -0.2) is 38.8 Å². The second kappa shape index (κ2) is 39.5. The van der Waals surface area contributed by atoms with Gasteiger partial charge in [0.05, 0.1) is 51.5 Å². The molecule has 0 aromatic heterocycles. The Morgan fingerprint density at radius 2 is 0.911 bits per heavy atom. The van der Waals surface area contributed by atoms with E-state index < -0.39 is 55.8 Å². The lowest BCUT2D eigenvalue weighted by molar-refractivity contribution is -0.133. The highest BCUT2D eigenvalue weighted by Crippen LogP contribution is 2.11. The molecule has 17 heteroatoms. The molecule has 0 aliphatic heterocycles. The van der Waals surface area contributed by atoms with Crippen LogP contribution in [-0.4, -0.2) is 118 Å². The molecule has 0 saturated heterocycles. The third-order valence-electron chi connectivity index (χ3n) is 4.14. The van der Waals surface area contributed by atoms with Gasteiger partial charge >= 0.3 is 24.0 Å². The molecule has 0 aromatic carbocycles. The lowest BCUT2D eigenvalue weighted by Crippen LogP contribution is -2.37. The largest absolute Gasteiger partial charge is 0.478 e. The van der Waals surface area contributed by atoms with Gasteiger partial charge in [0.1, 0.15) is 0 Å². The van der Waals surface area contributed by atoms with Gasteiger partial charge in [0, 0.05) is 16.7 Å². The number of amides is 1. The van der Waals surface area contributed by atoms with E-state index in [1.807, 2.05) is 0 Å². The van der Waals surface area contributed by atoms with E-state index in [-0.39, 0.29) is 16.7 Å². The van der Waals surface area contributed by atoms with E-state index in [1.54, 1.807) is 6.92 Å². The minimum Gasteiger partial charge on any atom is -0.478 e. The van der Waals surface area contributed by atoms with Crippen LogP contribution in [0.15, 0.2) is 46.4 Å². The van der Waals surface area contributed by atoms with Crippen LogP contribution < -0.4 is 5.73 Å². The predicted molar refractivity (Wildman–Crippen MR) is 164 cm³/mol. The number of primary amides is 1. The zero-order chi connectivity index (χ0) is 36.9. The summed E-state index contributed by atoms with van der Waals surface area (Å²) in [6.07, 6.45) is 6.09. The number of aliphatic carboxylic acids is 3. The zero-order valence-electron chi connectivity index (χ0n) is 26.4. The summed E-state index contributed by atoms with van der Waals surface area (Å²) in [6.45, 7) is 15.3. The van der Waals surface area contributed by atoms with E-state index in [9.17, 15) is 28.8 Å². The van der Waals surface area contributed by atoms with E-state index >= 15 is 0 Å². The van der Waals surface area contributed by atoms with Crippen molar-refractivity contribution in [3.8, 4) is 0 Å². The topological polar surface area (TPSA) is 304 Å². The number of hydrogen-bond acceptors (Lipinski definition) is 13. The van der Waals surface area contributed by atoms with Crippen LogP contribution in [0.4, 0.5) is 4.79 Å². The molecule has 0 spiro atoms. The van der Waals surface area contributed by atoms with Crippen LogP contribution in [0, 0.1) is 5.41 Å². The van der Waals surface area contributed by atoms with Crippen LogP contribution in [0.3, 0.4) is 0 Å².